The number of rotatable bonds is 8. The second kappa shape index (κ2) is 11.5. The molecule has 0 heterocycles. The minimum absolute atomic E-state index is 0.0423. The Hall–Kier alpha value is -3.46. The third kappa shape index (κ3) is 7.51. The lowest BCUT2D eigenvalue weighted by Gasteiger charge is -2.15. The molecule has 0 aliphatic rings. The van der Waals surface area contributed by atoms with Crippen LogP contribution in [0.1, 0.15) is 41.0 Å². The van der Waals surface area contributed by atoms with Gasteiger partial charge in [-0.05, 0) is 14.1 Å². The van der Waals surface area contributed by atoms with Gasteiger partial charge in [-0.25, -0.2) is 0 Å². The van der Waals surface area contributed by atoms with Gasteiger partial charge in [-0.3, -0.25) is 29.8 Å². The summed E-state index contributed by atoms with van der Waals surface area (Å²) in [5.41, 5.74) is 0.706. The largest absolute Gasteiger partial charge is 0.309 e. The van der Waals surface area contributed by atoms with Gasteiger partial charge in [-0.15, -0.1) is 0 Å². The maximum atomic E-state index is 12.0. The zero-order valence-corrected chi connectivity index (χ0v) is 17.4. The number of non-ortho nitro benzene ring substituents is 2. The van der Waals surface area contributed by atoms with Crippen LogP contribution in [0, 0.1) is 26.1 Å². The summed E-state index contributed by atoms with van der Waals surface area (Å²) in [5.74, 6) is -0.321. The number of benzene rings is 2. The fourth-order valence-corrected chi connectivity index (χ4v) is 2.68. The van der Waals surface area contributed by atoms with E-state index >= 15 is 0 Å². The van der Waals surface area contributed by atoms with Crippen molar-refractivity contribution in [3.63, 3.8) is 0 Å². The molecule has 160 valence electrons. The van der Waals surface area contributed by atoms with Crippen molar-refractivity contribution >= 4 is 22.9 Å². The van der Waals surface area contributed by atoms with Gasteiger partial charge in [0.25, 0.3) is 11.4 Å². The summed E-state index contributed by atoms with van der Waals surface area (Å²) < 4.78 is 0. The van der Waals surface area contributed by atoms with E-state index in [2.05, 4.69) is 0 Å². The van der Waals surface area contributed by atoms with Crippen LogP contribution in [0.25, 0.3) is 0 Å². The Kier molecular flexibility index (Phi) is 9.44. The molecule has 0 N–H and O–H groups in total. The van der Waals surface area contributed by atoms with E-state index in [1.807, 2.05) is 25.9 Å². The summed E-state index contributed by atoms with van der Waals surface area (Å²) in [5, 5.41) is 21.0. The molecule has 2 aromatic carbocycles. The topological polar surface area (TPSA) is 124 Å². The zero-order chi connectivity index (χ0) is 22.8. The average molecular weight is 415 g/mol. The molecule has 0 saturated heterocycles. The van der Waals surface area contributed by atoms with Gasteiger partial charge < -0.3 is 4.90 Å². The summed E-state index contributed by atoms with van der Waals surface area (Å²) >= 11 is 0. The lowest BCUT2D eigenvalue weighted by Crippen LogP contribution is -2.25. The van der Waals surface area contributed by atoms with Crippen LogP contribution in [-0.2, 0) is 0 Å². The molecule has 0 saturated carbocycles. The Morgan fingerprint density at radius 2 is 1.40 bits per heavy atom. The number of hydrogen-bond acceptors (Lipinski definition) is 7. The molecule has 2 rings (SSSR count). The molecule has 9 nitrogen and oxygen atoms in total. The summed E-state index contributed by atoms with van der Waals surface area (Å²) in [6, 6.07) is 11.6. The highest BCUT2D eigenvalue weighted by Crippen LogP contribution is 2.17. The van der Waals surface area contributed by atoms with Gasteiger partial charge in [0, 0.05) is 54.3 Å². The maximum absolute atomic E-state index is 12.0. The number of carbonyl (C=O) groups is 2. The van der Waals surface area contributed by atoms with E-state index in [9.17, 15) is 29.8 Å². The van der Waals surface area contributed by atoms with E-state index in [0.717, 1.165) is 0 Å². The number of nitro groups is 2. The number of nitrogens with zero attached hydrogens (tertiary/aromatic N) is 3. The minimum Gasteiger partial charge on any atom is -0.309 e. The zero-order valence-electron chi connectivity index (χ0n) is 17.4. The Labute approximate surface area is 174 Å². The van der Waals surface area contributed by atoms with Crippen LogP contribution in [0.4, 0.5) is 11.4 Å². The second-order valence-corrected chi connectivity index (χ2v) is 6.92. The Balaban J connectivity index is 0.000000311. The summed E-state index contributed by atoms with van der Waals surface area (Å²) in [6.07, 6.45) is 0.362. The number of carbonyl (C=O) groups excluding carboxylic acids is 2. The van der Waals surface area contributed by atoms with E-state index in [-0.39, 0.29) is 28.9 Å². The monoisotopic (exact) mass is 415 g/mol. The molecule has 0 aliphatic carbocycles. The molecular weight excluding hydrogens is 390 g/mol. The number of Topliss-reactive ketones (excluding diaryl/α,β-unsaturated/α-hetero) is 2. The maximum Gasteiger partial charge on any atom is 0.270 e. The lowest BCUT2D eigenvalue weighted by molar-refractivity contribution is -0.385. The van der Waals surface area contributed by atoms with Crippen molar-refractivity contribution in [2.45, 2.75) is 20.3 Å². The van der Waals surface area contributed by atoms with Gasteiger partial charge in [-0.1, -0.05) is 38.1 Å². The van der Waals surface area contributed by atoms with Gasteiger partial charge in [-0.2, -0.15) is 0 Å². The van der Waals surface area contributed by atoms with Gasteiger partial charge in [0.1, 0.15) is 0 Å². The van der Waals surface area contributed by atoms with Gasteiger partial charge in [0.2, 0.25) is 0 Å². The predicted molar refractivity (Wildman–Crippen MR) is 113 cm³/mol. The van der Waals surface area contributed by atoms with Crippen LogP contribution in [0.15, 0.2) is 48.5 Å². The molecule has 1 atom stereocenters. The van der Waals surface area contributed by atoms with Crippen LogP contribution in [0.2, 0.25) is 0 Å². The van der Waals surface area contributed by atoms with Crippen molar-refractivity contribution in [1.29, 1.82) is 0 Å². The first-order valence-electron chi connectivity index (χ1n) is 9.27. The van der Waals surface area contributed by atoms with Crippen LogP contribution in [0.5, 0.6) is 0 Å². The lowest BCUT2D eigenvalue weighted by atomic mass is 9.99. The standard InChI is InChI=1S/C12H16N2O3.C9H9NO3/c1-9(8-13(2)3)12(15)10-5-4-6-11(7-10)14(16)17;1-2-9(11)7-4-3-5-8(6-7)10(12)13/h4-7,9H,8H2,1-3H3;3-6H,2H2,1H3. The number of ketones is 2. The molecule has 9 heteroatoms. The molecule has 0 aliphatic heterocycles. The normalized spacial score (nSPS) is 11.2. The molecule has 0 aromatic heterocycles. The first-order chi connectivity index (χ1) is 14.1. The fourth-order valence-electron chi connectivity index (χ4n) is 2.68. The van der Waals surface area contributed by atoms with E-state index < -0.39 is 9.85 Å². The van der Waals surface area contributed by atoms with Crippen LogP contribution < -0.4 is 0 Å². The Morgan fingerprint density at radius 1 is 0.933 bits per heavy atom. The van der Waals surface area contributed by atoms with Crippen LogP contribution >= 0.6 is 0 Å². The SMILES string of the molecule is CC(CN(C)C)C(=O)c1cccc([N+](=O)[O-])c1.CCC(=O)c1cccc([N+](=O)[O-])c1. The van der Waals surface area contributed by atoms with E-state index in [0.29, 0.717) is 24.1 Å². The van der Waals surface area contributed by atoms with E-state index in [1.54, 1.807) is 19.1 Å². The summed E-state index contributed by atoms with van der Waals surface area (Å²) in [7, 11) is 3.77. The molecule has 2 aromatic rings. The number of nitro benzene ring substituents is 2. The van der Waals surface area contributed by atoms with Crippen molar-refractivity contribution in [3.05, 3.63) is 79.9 Å². The quantitative estimate of drug-likeness (QED) is 0.360. The average Bonchev–Trinajstić information content (AvgIpc) is 2.72. The van der Waals surface area contributed by atoms with Crippen molar-refractivity contribution in [2.24, 2.45) is 5.92 Å². The Morgan fingerprint density at radius 3 is 1.83 bits per heavy atom. The van der Waals surface area contributed by atoms with Crippen LogP contribution in [-0.4, -0.2) is 47.0 Å². The first kappa shape index (κ1) is 24.6. The molecule has 0 bridgehead atoms. The molecule has 0 spiro atoms. The molecule has 0 fully saturated rings. The van der Waals surface area contributed by atoms with Crippen LogP contribution in [0.3, 0.4) is 0 Å². The minimum atomic E-state index is -0.508. The third-order valence-electron chi connectivity index (χ3n) is 4.13. The first-order valence-corrected chi connectivity index (χ1v) is 9.27. The van der Waals surface area contributed by atoms with E-state index in [4.69, 9.17) is 0 Å². The third-order valence-corrected chi connectivity index (χ3v) is 4.13. The molecule has 30 heavy (non-hydrogen) atoms. The molecule has 1 unspecified atom stereocenters. The van der Waals surface area contributed by atoms with Crippen molar-refractivity contribution in [1.82, 2.24) is 4.90 Å². The highest BCUT2D eigenvalue weighted by Gasteiger charge is 2.18. The van der Waals surface area contributed by atoms with Crippen molar-refractivity contribution < 1.29 is 19.4 Å². The Bertz CT molecular complexity index is 926. The predicted octanol–water partition coefficient (Wildman–Crippen LogP) is 4.16. The highest BCUT2D eigenvalue weighted by molar-refractivity contribution is 5.98. The molecule has 0 amide bonds. The fraction of sp³-hybridized carbons (Fsp3) is 0.333. The van der Waals surface area contributed by atoms with Gasteiger partial charge >= 0.3 is 0 Å². The molecule has 0 radical (unpaired) electrons. The second-order valence-electron chi connectivity index (χ2n) is 6.92. The smallest absolute Gasteiger partial charge is 0.270 e. The number of hydrogen-bond donors (Lipinski definition) is 0. The summed E-state index contributed by atoms with van der Waals surface area (Å²) in [6.45, 7) is 4.17. The summed E-state index contributed by atoms with van der Waals surface area (Å²) in [4.78, 5) is 45.1. The van der Waals surface area contributed by atoms with E-state index in [1.165, 1.54) is 36.4 Å². The van der Waals surface area contributed by atoms with Gasteiger partial charge in [0.15, 0.2) is 11.6 Å². The van der Waals surface area contributed by atoms with Crippen molar-refractivity contribution in [3.8, 4) is 0 Å². The highest BCUT2D eigenvalue weighted by atomic mass is 16.6. The van der Waals surface area contributed by atoms with Crippen molar-refractivity contribution in [2.75, 3.05) is 20.6 Å². The van der Waals surface area contributed by atoms with Gasteiger partial charge in [0.05, 0.1) is 9.85 Å². The molecular formula is C21H25N3O6.